The maximum atomic E-state index is 6.81. The van der Waals surface area contributed by atoms with E-state index in [1.165, 1.54) is 16.3 Å². The topological polar surface area (TPSA) is 48.8 Å². The van der Waals surface area contributed by atoms with E-state index < -0.39 is 0 Å². The van der Waals surface area contributed by atoms with E-state index in [9.17, 15) is 0 Å². The van der Waals surface area contributed by atoms with Gasteiger partial charge in [-0.1, -0.05) is 109 Å². The molecule has 0 spiro atoms. The fraction of sp³-hybridized carbons (Fsp3) is 0. The molecule has 5 heteroatoms. The highest BCUT2D eigenvalue weighted by Crippen LogP contribution is 2.46. The Hall–Kier alpha value is -7.50. The van der Waals surface area contributed by atoms with Crippen molar-refractivity contribution in [2.75, 3.05) is 0 Å². The lowest BCUT2D eigenvalue weighted by molar-refractivity contribution is 0.673. The first kappa shape index (κ1) is 30.0. The van der Waals surface area contributed by atoms with Gasteiger partial charge in [-0.3, -0.25) is 0 Å². The van der Waals surface area contributed by atoms with E-state index in [4.69, 9.17) is 14.4 Å². The molecule has 8 aromatic carbocycles. The van der Waals surface area contributed by atoms with E-state index in [0.717, 1.165) is 88.4 Å². The molecule has 0 aliphatic carbocycles. The highest BCUT2D eigenvalue weighted by Gasteiger charge is 2.24. The van der Waals surface area contributed by atoms with Crippen molar-refractivity contribution in [2.45, 2.75) is 0 Å². The van der Waals surface area contributed by atoms with Gasteiger partial charge < -0.3 is 13.6 Å². The first-order chi connectivity index (χ1) is 27.3. The lowest BCUT2D eigenvalue weighted by Gasteiger charge is -2.11. The molecule has 4 heterocycles. The Labute approximate surface area is 315 Å². The minimum atomic E-state index is 0.699. The minimum absolute atomic E-state index is 0.699. The number of hydrogen-bond donors (Lipinski definition) is 0. The lowest BCUT2D eigenvalue weighted by atomic mass is 10.1. The molecule has 12 aromatic rings. The summed E-state index contributed by atoms with van der Waals surface area (Å²) in [5.41, 5.74) is 12.4. The van der Waals surface area contributed by atoms with E-state index in [1.54, 1.807) is 0 Å². The molecule has 0 N–H and O–H groups in total. The maximum absolute atomic E-state index is 6.81. The van der Waals surface area contributed by atoms with Crippen LogP contribution in [0.5, 0.6) is 0 Å². The third-order valence-electron chi connectivity index (χ3n) is 11.1. The molecule has 55 heavy (non-hydrogen) atoms. The van der Waals surface area contributed by atoms with Gasteiger partial charge in [0, 0.05) is 54.8 Å². The summed E-state index contributed by atoms with van der Waals surface area (Å²) < 4.78 is 11.6. The van der Waals surface area contributed by atoms with Crippen LogP contribution >= 0.6 is 0 Å². The smallest absolute Gasteiger partial charge is 0.160 e. The summed E-state index contributed by atoms with van der Waals surface area (Å²) in [5.74, 6) is 0.699. The first-order valence-electron chi connectivity index (χ1n) is 18.6. The maximum Gasteiger partial charge on any atom is 0.160 e. The van der Waals surface area contributed by atoms with E-state index in [0.29, 0.717) is 5.82 Å². The number of aromatic nitrogens is 4. The van der Waals surface area contributed by atoms with Gasteiger partial charge in [0.15, 0.2) is 5.82 Å². The van der Waals surface area contributed by atoms with Crippen molar-refractivity contribution < 1.29 is 4.42 Å². The summed E-state index contributed by atoms with van der Waals surface area (Å²) in [5, 5.41) is 7.95. The number of benzene rings is 8. The fourth-order valence-electron chi connectivity index (χ4n) is 8.72. The van der Waals surface area contributed by atoms with Gasteiger partial charge in [0.1, 0.15) is 11.2 Å². The summed E-state index contributed by atoms with van der Waals surface area (Å²) in [6, 6.07) is 64.0. The zero-order valence-corrected chi connectivity index (χ0v) is 29.5. The zero-order chi connectivity index (χ0) is 36.0. The second-order valence-corrected chi connectivity index (χ2v) is 14.1. The van der Waals surface area contributed by atoms with Crippen LogP contribution in [0, 0.1) is 0 Å². The van der Waals surface area contributed by atoms with Crippen LogP contribution in [-0.2, 0) is 0 Å². The lowest BCUT2D eigenvalue weighted by Crippen LogP contribution is -1.97. The number of fused-ring (bicyclic) bond motifs is 12. The Morgan fingerprint density at radius 3 is 1.84 bits per heavy atom. The average molecular weight is 703 g/mol. The van der Waals surface area contributed by atoms with Gasteiger partial charge in [-0.25, -0.2) is 9.97 Å². The Bertz CT molecular complexity index is 3470. The SMILES string of the molecule is c1ccc(-c2nc(-c3ccc(-n4c5ccc6c7ccccc7oc6c5c5c4ccc4c6ccccc6n(-c6ccccc6)c45)cc3)nc3ccccc23)cc1. The van der Waals surface area contributed by atoms with Crippen molar-refractivity contribution >= 4 is 76.5 Å². The molecule has 0 bridgehead atoms. The Morgan fingerprint density at radius 1 is 0.382 bits per heavy atom. The minimum Gasteiger partial charge on any atom is -0.455 e. The zero-order valence-electron chi connectivity index (χ0n) is 29.5. The van der Waals surface area contributed by atoms with Gasteiger partial charge >= 0.3 is 0 Å². The Kier molecular flexibility index (Phi) is 6.27. The quantitative estimate of drug-likeness (QED) is 0.183. The molecule has 0 aliphatic rings. The van der Waals surface area contributed by atoms with Crippen LogP contribution in [0.3, 0.4) is 0 Å². The largest absolute Gasteiger partial charge is 0.455 e. The van der Waals surface area contributed by atoms with Crippen LogP contribution in [0.25, 0.3) is 110 Å². The molecular formula is C50H30N4O. The van der Waals surface area contributed by atoms with Gasteiger partial charge in [-0.2, -0.15) is 0 Å². The number of hydrogen-bond acceptors (Lipinski definition) is 3. The Morgan fingerprint density at radius 2 is 1.02 bits per heavy atom. The molecule has 0 saturated carbocycles. The average Bonchev–Trinajstić information content (AvgIpc) is 3.92. The molecule has 5 nitrogen and oxygen atoms in total. The van der Waals surface area contributed by atoms with Gasteiger partial charge in [0.25, 0.3) is 0 Å². The number of nitrogens with zero attached hydrogens (tertiary/aromatic N) is 4. The van der Waals surface area contributed by atoms with Crippen LogP contribution < -0.4 is 0 Å². The van der Waals surface area contributed by atoms with Crippen molar-refractivity contribution in [1.82, 2.24) is 19.1 Å². The summed E-state index contributed by atoms with van der Waals surface area (Å²) in [6.07, 6.45) is 0. The molecule has 12 rings (SSSR count). The normalized spacial score (nSPS) is 12.0. The van der Waals surface area contributed by atoms with Crippen LogP contribution in [-0.4, -0.2) is 19.1 Å². The van der Waals surface area contributed by atoms with Gasteiger partial charge in [-0.15, -0.1) is 0 Å². The van der Waals surface area contributed by atoms with Gasteiger partial charge in [-0.05, 0) is 72.8 Å². The van der Waals surface area contributed by atoms with Gasteiger partial charge in [0.2, 0.25) is 0 Å². The van der Waals surface area contributed by atoms with Crippen LogP contribution in [0.15, 0.2) is 186 Å². The predicted octanol–water partition coefficient (Wildman–Crippen LogP) is 13.1. The summed E-state index contributed by atoms with van der Waals surface area (Å²) >= 11 is 0. The van der Waals surface area contributed by atoms with Crippen LogP contribution in [0.1, 0.15) is 0 Å². The van der Waals surface area contributed by atoms with Crippen molar-refractivity contribution in [3.05, 3.63) is 182 Å². The molecule has 0 saturated heterocycles. The van der Waals surface area contributed by atoms with E-state index in [1.807, 2.05) is 24.3 Å². The van der Waals surface area contributed by atoms with E-state index in [2.05, 4.69) is 167 Å². The van der Waals surface area contributed by atoms with E-state index >= 15 is 0 Å². The first-order valence-corrected chi connectivity index (χ1v) is 18.6. The fourth-order valence-corrected chi connectivity index (χ4v) is 8.72. The highest BCUT2D eigenvalue weighted by atomic mass is 16.3. The number of rotatable bonds is 4. The second kappa shape index (κ2) is 11.5. The number of para-hydroxylation sites is 4. The van der Waals surface area contributed by atoms with Crippen molar-refractivity contribution in [2.24, 2.45) is 0 Å². The molecule has 0 amide bonds. The molecule has 0 unspecified atom stereocenters. The van der Waals surface area contributed by atoms with Crippen molar-refractivity contribution in [3.8, 4) is 34.0 Å². The highest BCUT2D eigenvalue weighted by molar-refractivity contribution is 6.32. The molecule has 0 radical (unpaired) electrons. The summed E-state index contributed by atoms with van der Waals surface area (Å²) in [4.78, 5) is 10.2. The third kappa shape index (κ3) is 4.35. The molecule has 4 aromatic heterocycles. The van der Waals surface area contributed by atoms with Crippen LogP contribution in [0.2, 0.25) is 0 Å². The predicted molar refractivity (Wildman–Crippen MR) is 226 cm³/mol. The van der Waals surface area contributed by atoms with Crippen LogP contribution in [0.4, 0.5) is 0 Å². The van der Waals surface area contributed by atoms with Crippen molar-refractivity contribution in [1.29, 1.82) is 0 Å². The van der Waals surface area contributed by atoms with Gasteiger partial charge in [0.05, 0.1) is 38.7 Å². The number of furan rings is 1. The summed E-state index contributed by atoms with van der Waals surface area (Å²) in [6.45, 7) is 0. The molecular weight excluding hydrogens is 673 g/mol. The monoisotopic (exact) mass is 702 g/mol. The standard InChI is InChI=1S/C50H30N4O/c1-3-13-31(14-4-1)47-39-19-7-10-20-40(39)51-50(52-47)32-23-25-34(26-24-32)53-42-29-27-37-35-17-8-11-21-41(35)54(33-15-5-2-6-16-33)48(37)45(42)46-43(53)30-28-38-36-18-9-12-22-44(36)55-49(38)46/h1-30H. The molecule has 0 fully saturated rings. The van der Waals surface area contributed by atoms with E-state index in [-0.39, 0.29) is 0 Å². The summed E-state index contributed by atoms with van der Waals surface area (Å²) in [7, 11) is 0. The molecule has 0 atom stereocenters. The Balaban J connectivity index is 1.15. The van der Waals surface area contributed by atoms with Crippen molar-refractivity contribution in [3.63, 3.8) is 0 Å². The second-order valence-electron chi connectivity index (χ2n) is 14.1. The molecule has 256 valence electrons. The molecule has 0 aliphatic heterocycles. The third-order valence-corrected chi connectivity index (χ3v) is 11.1.